The summed E-state index contributed by atoms with van der Waals surface area (Å²) in [4.78, 5) is 16.9. The van der Waals surface area contributed by atoms with Crippen molar-refractivity contribution in [2.24, 2.45) is 0 Å². The van der Waals surface area contributed by atoms with Crippen molar-refractivity contribution in [3.63, 3.8) is 0 Å². The summed E-state index contributed by atoms with van der Waals surface area (Å²) >= 11 is 0. The number of fused-ring (bicyclic) bond motifs is 1. The van der Waals surface area contributed by atoms with Crippen LogP contribution < -0.4 is 0 Å². The maximum absolute atomic E-state index is 12.4. The number of aromatic nitrogens is 2. The highest BCUT2D eigenvalue weighted by molar-refractivity contribution is 6.83. The molecule has 0 aliphatic carbocycles. The molecule has 2 heterocycles. The van der Waals surface area contributed by atoms with Crippen molar-refractivity contribution in [3.8, 4) is 11.5 Å². The fraction of sp³-hybridized carbons (Fsp3) is 0.400. The van der Waals surface area contributed by atoms with E-state index >= 15 is 0 Å². The zero-order chi connectivity index (χ0) is 18.8. The molecule has 2 aromatic heterocycles. The average molecular weight is 355 g/mol. The first-order chi connectivity index (χ1) is 11.5. The van der Waals surface area contributed by atoms with Gasteiger partial charge in [0.15, 0.2) is 0 Å². The van der Waals surface area contributed by atoms with E-state index in [1.165, 1.54) is 4.57 Å². The third kappa shape index (κ3) is 5.07. The Bertz CT molecular complexity index is 885. The van der Waals surface area contributed by atoms with Gasteiger partial charge < -0.3 is 4.74 Å². The number of ether oxygens (including phenoxy) is 1. The van der Waals surface area contributed by atoms with Gasteiger partial charge in [0.05, 0.1) is 11.2 Å². The lowest BCUT2D eigenvalue weighted by Gasteiger charge is -2.20. The number of pyridine rings is 1. The van der Waals surface area contributed by atoms with Crippen molar-refractivity contribution >= 4 is 31.1 Å². The van der Waals surface area contributed by atoms with Crippen LogP contribution in [0.3, 0.4) is 0 Å². The van der Waals surface area contributed by atoms with Crippen LogP contribution in [-0.2, 0) is 4.74 Å². The zero-order valence-electron chi connectivity index (χ0n) is 16.1. The van der Waals surface area contributed by atoms with E-state index in [-0.39, 0.29) is 0 Å². The summed E-state index contributed by atoms with van der Waals surface area (Å²) in [5.41, 5.74) is 5.26. The third-order valence-corrected chi connectivity index (χ3v) is 4.22. The summed E-state index contributed by atoms with van der Waals surface area (Å²) in [6.45, 7) is 14.1. The molecule has 0 bridgehead atoms. The van der Waals surface area contributed by atoms with E-state index < -0.39 is 19.8 Å². The zero-order valence-corrected chi connectivity index (χ0v) is 17.1. The standard InChI is InChI=1S/C20H26N2O2Si/c1-15-18-17(11-12-22(18)19(23)24-20(2,3)4)16(14-21-15)10-8-9-13-25(5,6)7/h8,10-12,14H,1-7H3/b10-8-. The SMILES string of the molecule is Cc1ncc(/C=C\C#C[Si](C)(C)C)c2ccn(C(=O)OC(C)(C)C)c12. The molecule has 5 heteroatoms. The number of hydrogen-bond acceptors (Lipinski definition) is 3. The Morgan fingerprint density at radius 1 is 1.32 bits per heavy atom. The Labute approximate surface area is 150 Å². The van der Waals surface area contributed by atoms with Crippen molar-refractivity contribution in [1.82, 2.24) is 9.55 Å². The Morgan fingerprint density at radius 3 is 2.60 bits per heavy atom. The van der Waals surface area contributed by atoms with Gasteiger partial charge in [0, 0.05) is 23.3 Å². The Balaban J connectivity index is 2.43. The minimum Gasteiger partial charge on any atom is -0.443 e. The highest BCUT2D eigenvalue weighted by Crippen LogP contribution is 2.24. The molecule has 0 saturated heterocycles. The molecular formula is C20H26N2O2Si. The fourth-order valence-electron chi connectivity index (χ4n) is 2.32. The van der Waals surface area contributed by atoms with Crippen LogP contribution in [0.25, 0.3) is 17.0 Å². The Morgan fingerprint density at radius 2 is 2.00 bits per heavy atom. The summed E-state index contributed by atoms with van der Waals surface area (Å²) in [6.07, 6.45) is 6.95. The molecule has 25 heavy (non-hydrogen) atoms. The van der Waals surface area contributed by atoms with Crippen molar-refractivity contribution in [1.29, 1.82) is 0 Å². The van der Waals surface area contributed by atoms with E-state index in [4.69, 9.17) is 4.74 Å². The van der Waals surface area contributed by atoms with Crippen molar-refractivity contribution in [2.45, 2.75) is 52.9 Å². The van der Waals surface area contributed by atoms with Crippen molar-refractivity contribution < 1.29 is 9.53 Å². The van der Waals surface area contributed by atoms with E-state index in [0.717, 1.165) is 22.2 Å². The number of rotatable bonds is 1. The molecule has 0 amide bonds. The molecule has 132 valence electrons. The molecule has 0 spiro atoms. The van der Waals surface area contributed by atoms with E-state index in [0.29, 0.717) is 0 Å². The number of carbonyl (C=O) groups is 1. The molecule has 0 fully saturated rings. The molecule has 0 atom stereocenters. The second kappa shape index (κ2) is 6.89. The first kappa shape index (κ1) is 19.0. The van der Waals surface area contributed by atoms with Crippen LogP contribution in [0.15, 0.2) is 24.5 Å². The van der Waals surface area contributed by atoms with E-state index in [9.17, 15) is 4.79 Å². The van der Waals surface area contributed by atoms with Crippen LogP contribution in [0.4, 0.5) is 4.79 Å². The topological polar surface area (TPSA) is 44.1 Å². The summed E-state index contributed by atoms with van der Waals surface area (Å²) in [5.74, 6) is 3.12. The van der Waals surface area contributed by atoms with Gasteiger partial charge in [0.2, 0.25) is 0 Å². The second-order valence-electron chi connectivity index (χ2n) is 8.08. The molecule has 0 aromatic carbocycles. The summed E-state index contributed by atoms with van der Waals surface area (Å²) < 4.78 is 7.00. The highest BCUT2D eigenvalue weighted by Gasteiger charge is 2.20. The number of nitrogens with zero attached hydrogens (tertiary/aromatic N) is 2. The van der Waals surface area contributed by atoms with Crippen LogP contribution >= 0.6 is 0 Å². The van der Waals surface area contributed by atoms with Crippen LogP contribution in [0.5, 0.6) is 0 Å². The molecule has 2 aromatic rings. The molecule has 0 N–H and O–H groups in total. The van der Waals surface area contributed by atoms with Gasteiger partial charge in [-0.1, -0.05) is 25.6 Å². The molecule has 2 rings (SSSR count). The maximum Gasteiger partial charge on any atom is 0.419 e. The van der Waals surface area contributed by atoms with Crippen LogP contribution in [0.1, 0.15) is 32.0 Å². The number of carbonyl (C=O) groups excluding carboxylic acids is 1. The number of allylic oxidation sites excluding steroid dienone is 1. The molecule has 0 aliphatic heterocycles. The fourth-order valence-corrected chi connectivity index (χ4v) is 2.83. The van der Waals surface area contributed by atoms with Gasteiger partial charge in [-0.25, -0.2) is 4.79 Å². The normalized spacial score (nSPS) is 12.3. The third-order valence-electron chi connectivity index (χ3n) is 3.32. The molecular weight excluding hydrogens is 328 g/mol. The predicted octanol–water partition coefficient (Wildman–Crippen LogP) is 5.02. The quantitative estimate of drug-likeness (QED) is 0.533. The van der Waals surface area contributed by atoms with Crippen molar-refractivity contribution in [2.75, 3.05) is 0 Å². The molecule has 4 nitrogen and oxygen atoms in total. The van der Waals surface area contributed by atoms with Gasteiger partial charge in [0.1, 0.15) is 13.7 Å². The van der Waals surface area contributed by atoms with E-state index in [1.54, 1.807) is 6.20 Å². The van der Waals surface area contributed by atoms with Crippen molar-refractivity contribution in [3.05, 3.63) is 35.8 Å². The number of aryl methyl sites for hydroxylation is 1. The van der Waals surface area contributed by atoms with Crippen LogP contribution in [0.2, 0.25) is 19.6 Å². The largest absolute Gasteiger partial charge is 0.443 e. The Kier molecular flexibility index (Phi) is 5.24. The second-order valence-corrected chi connectivity index (χ2v) is 12.8. The van der Waals surface area contributed by atoms with Gasteiger partial charge in [0.25, 0.3) is 0 Å². The predicted molar refractivity (Wildman–Crippen MR) is 106 cm³/mol. The van der Waals surface area contributed by atoms with Gasteiger partial charge in [-0.15, -0.1) is 5.54 Å². The van der Waals surface area contributed by atoms with Gasteiger partial charge >= 0.3 is 6.09 Å². The molecule has 0 unspecified atom stereocenters. The van der Waals surface area contributed by atoms with Gasteiger partial charge in [-0.2, -0.15) is 0 Å². The molecule has 0 saturated carbocycles. The lowest BCUT2D eigenvalue weighted by molar-refractivity contribution is 0.0544. The smallest absolute Gasteiger partial charge is 0.419 e. The minimum atomic E-state index is -1.39. The maximum atomic E-state index is 12.4. The average Bonchev–Trinajstić information content (AvgIpc) is 2.88. The Hall–Kier alpha value is -2.32. The monoisotopic (exact) mass is 354 g/mol. The van der Waals surface area contributed by atoms with Gasteiger partial charge in [-0.3, -0.25) is 9.55 Å². The van der Waals surface area contributed by atoms with Crippen LogP contribution in [-0.4, -0.2) is 29.3 Å². The first-order valence-corrected chi connectivity index (χ1v) is 11.9. The lowest BCUT2D eigenvalue weighted by Crippen LogP contribution is -2.26. The highest BCUT2D eigenvalue weighted by atomic mass is 28.3. The lowest BCUT2D eigenvalue weighted by atomic mass is 10.1. The van der Waals surface area contributed by atoms with E-state index in [2.05, 4.69) is 36.1 Å². The summed E-state index contributed by atoms with van der Waals surface area (Å²) in [5, 5.41) is 0.962. The molecule has 0 aliphatic rings. The summed E-state index contributed by atoms with van der Waals surface area (Å²) in [6, 6.07) is 1.92. The van der Waals surface area contributed by atoms with Gasteiger partial charge in [-0.05, 0) is 45.9 Å². The molecule has 0 radical (unpaired) electrons. The van der Waals surface area contributed by atoms with E-state index in [1.807, 2.05) is 52.1 Å². The first-order valence-electron chi connectivity index (χ1n) is 8.37. The van der Waals surface area contributed by atoms with Crippen LogP contribution in [0, 0.1) is 18.4 Å². The number of hydrogen-bond donors (Lipinski definition) is 0. The minimum absolute atomic E-state index is 0.396. The summed E-state index contributed by atoms with van der Waals surface area (Å²) in [7, 11) is -1.39.